The number of rotatable bonds is 5. The van der Waals surface area contributed by atoms with Crippen molar-refractivity contribution >= 4 is 17.4 Å². The molecule has 0 saturated heterocycles. The van der Waals surface area contributed by atoms with Crippen LogP contribution in [0.15, 0.2) is 12.3 Å². The van der Waals surface area contributed by atoms with Gasteiger partial charge in [-0.3, -0.25) is 14.9 Å². The van der Waals surface area contributed by atoms with E-state index in [-0.39, 0.29) is 23.6 Å². The van der Waals surface area contributed by atoms with Crippen LogP contribution in [0.5, 0.6) is 0 Å². The van der Waals surface area contributed by atoms with E-state index in [4.69, 9.17) is 10.5 Å². The first-order chi connectivity index (χ1) is 8.76. The smallest absolute Gasteiger partial charge is 0.300 e. The molecular formula is C11H16N4O4. The normalized spacial score (nSPS) is 11.1. The molecule has 0 fully saturated rings. The summed E-state index contributed by atoms with van der Waals surface area (Å²) in [7, 11) is 1.51. The minimum absolute atomic E-state index is 0.0433. The number of carbonyl (C=O) groups is 1. The van der Waals surface area contributed by atoms with E-state index < -0.39 is 16.4 Å². The number of hydrogen-bond acceptors (Lipinski definition) is 6. The zero-order valence-electron chi connectivity index (χ0n) is 11.0. The van der Waals surface area contributed by atoms with Crippen LogP contribution in [0.2, 0.25) is 0 Å². The summed E-state index contributed by atoms with van der Waals surface area (Å²) in [4.78, 5) is 25.7. The van der Waals surface area contributed by atoms with Crippen LogP contribution < -0.4 is 11.1 Å². The number of pyridine rings is 1. The summed E-state index contributed by atoms with van der Waals surface area (Å²) in [6, 6.07) is 1.17. The molecule has 0 atom stereocenters. The third-order valence-electron chi connectivity index (χ3n) is 2.57. The summed E-state index contributed by atoms with van der Waals surface area (Å²) in [5.74, 6) is -0.548. The molecule has 3 N–H and O–H groups in total. The zero-order valence-corrected chi connectivity index (χ0v) is 11.0. The Balaban J connectivity index is 2.93. The monoisotopic (exact) mass is 268 g/mol. The van der Waals surface area contributed by atoms with Crippen molar-refractivity contribution in [3.8, 4) is 0 Å². The Kier molecular flexibility index (Phi) is 4.38. The molecule has 0 spiro atoms. The van der Waals surface area contributed by atoms with Gasteiger partial charge in [0.05, 0.1) is 10.5 Å². The van der Waals surface area contributed by atoms with Crippen molar-refractivity contribution < 1.29 is 14.5 Å². The van der Waals surface area contributed by atoms with Crippen LogP contribution in [-0.2, 0) is 4.74 Å². The molecule has 0 saturated carbocycles. The van der Waals surface area contributed by atoms with Gasteiger partial charge in [-0.05, 0) is 19.9 Å². The fourth-order valence-electron chi connectivity index (χ4n) is 1.25. The molecule has 1 aromatic heterocycles. The number of amides is 1. The van der Waals surface area contributed by atoms with Gasteiger partial charge in [-0.2, -0.15) is 0 Å². The summed E-state index contributed by atoms with van der Waals surface area (Å²) in [6.07, 6.45) is 0.964. The van der Waals surface area contributed by atoms with Gasteiger partial charge in [-0.15, -0.1) is 0 Å². The molecule has 8 heteroatoms. The Morgan fingerprint density at radius 3 is 2.79 bits per heavy atom. The highest BCUT2D eigenvalue weighted by atomic mass is 16.6. The number of aromatic nitrogens is 1. The van der Waals surface area contributed by atoms with Crippen LogP contribution in [0, 0.1) is 10.1 Å². The van der Waals surface area contributed by atoms with E-state index in [1.165, 1.54) is 13.2 Å². The Hall–Kier alpha value is -2.22. The van der Waals surface area contributed by atoms with Gasteiger partial charge in [0.15, 0.2) is 0 Å². The molecule has 0 aliphatic carbocycles. The lowest BCUT2D eigenvalue weighted by Gasteiger charge is -2.23. The van der Waals surface area contributed by atoms with Crippen LogP contribution in [0.4, 0.5) is 11.5 Å². The van der Waals surface area contributed by atoms with E-state index >= 15 is 0 Å². The molecule has 0 aromatic carbocycles. The summed E-state index contributed by atoms with van der Waals surface area (Å²) in [5.41, 5.74) is 4.36. The molecule has 1 aromatic rings. The lowest BCUT2D eigenvalue weighted by molar-refractivity contribution is -0.385. The number of methoxy groups -OCH3 is 1. The second-order valence-corrected chi connectivity index (χ2v) is 4.53. The van der Waals surface area contributed by atoms with Crippen molar-refractivity contribution in [1.82, 2.24) is 10.3 Å². The maximum absolute atomic E-state index is 11.9. The first kappa shape index (κ1) is 14.8. The second kappa shape index (κ2) is 5.61. The average Bonchev–Trinajstić information content (AvgIpc) is 2.35. The molecule has 0 unspecified atom stereocenters. The van der Waals surface area contributed by atoms with Gasteiger partial charge in [-0.1, -0.05) is 0 Å². The quantitative estimate of drug-likeness (QED) is 0.599. The fraction of sp³-hybridized carbons (Fsp3) is 0.455. The van der Waals surface area contributed by atoms with Gasteiger partial charge in [0.1, 0.15) is 17.6 Å². The highest BCUT2D eigenvalue weighted by Crippen LogP contribution is 2.19. The van der Waals surface area contributed by atoms with Crippen molar-refractivity contribution in [1.29, 1.82) is 0 Å². The number of nitrogens with zero attached hydrogens (tertiary/aromatic N) is 2. The summed E-state index contributed by atoms with van der Waals surface area (Å²) >= 11 is 0. The van der Waals surface area contributed by atoms with E-state index in [2.05, 4.69) is 10.3 Å². The highest BCUT2D eigenvalue weighted by Gasteiger charge is 2.23. The van der Waals surface area contributed by atoms with Gasteiger partial charge >= 0.3 is 0 Å². The maximum Gasteiger partial charge on any atom is 0.300 e. The Bertz CT molecular complexity index is 501. The molecule has 104 valence electrons. The summed E-state index contributed by atoms with van der Waals surface area (Å²) < 4.78 is 5.14. The molecule has 1 amide bonds. The van der Waals surface area contributed by atoms with Gasteiger partial charge in [-0.25, -0.2) is 4.98 Å². The van der Waals surface area contributed by atoms with Crippen molar-refractivity contribution in [3.05, 3.63) is 27.9 Å². The van der Waals surface area contributed by atoms with Crippen LogP contribution in [0.1, 0.15) is 24.2 Å². The second-order valence-electron chi connectivity index (χ2n) is 4.53. The van der Waals surface area contributed by atoms with Crippen LogP contribution in [0.25, 0.3) is 0 Å². The van der Waals surface area contributed by atoms with E-state index in [9.17, 15) is 14.9 Å². The molecule has 0 aliphatic heterocycles. The molecule has 0 aliphatic rings. The van der Waals surface area contributed by atoms with E-state index in [0.717, 1.165) is 6.20 Å². The van der Waals surface area contributed by atoms with E-state index in [1.807, 2.05) is 0 Å². The number of hydrogen-bond donors (Lipinski definition) is 2. The predicted molar refractivity (Wildman–Crippen MR) is 68.7 cm³/mol. The van der Waals surface area contributed by atoms with Crippen LogP contribution in [0.3, 0.4) is 0 Å². The lowest BCUT2D eigenvalue weighted by atomic mass is 10.1. The zero-order chi connectivity index (χ0) is 14.6. The molecule has 1 heterocycles. The standard InChI is InChI=1S/C11H16N4O4/c1-11(2,19-3)6-14-10(16)7-4-9(12)13-5-8(7)15(17)18/h4-5H,6H2,1-3H3,(H2,12,13)(H,14,16). The Morgan fingerprint density at radius 2 is 2.26 bits per heavy atom. The highest BCUT2D eigenvalue weighted by molar-refractivity contribution is 5.98. The molecule has 8 nitrogen and oxygen atoms in total. The van der Waals surface area contributed by atoms with E-state index in [0.29, 0.717) is 0 Å². The third-order valence-corrected chi connectivity index (χ3v) is 2.57. The topological polar surface area (TPSA) is 120 Å². The number of ether oxygens (including phenoxy) is 1. The van der Waals surface area contributed by atoms with Gasteiger partial charge in [0.25, 0.3) is 11.6 Å². The van der Waals surface area contributed by atoms with Gasteiger partial charge in [0, 0.05) is 13.7 Å². The number of anilines is 1. The van der Waals surface area contributed by atoms with Gasteiger partial charge < -0.3 is 15.8 Å². The first-order valence-electron chi connectivity index (χ1n) is 5.50. The number of nitrogens with one attached hydrogen (secondary N) is 1. The minimum Gasteiger partial charge on any atom is -0.384 e. The van der Waals surface area contributed by atoms with Gasteiger partial charge in [0.2, 0.25) is 0 Å². The largest absolute Gasteiger partial charge is 0.384 e. The van der Waals surface area contributed by atoms with E-state index in [1.54, 1.807) is 13.8 Å². The van der Waals surface area contributed by atoms with Crippen molar-refractivity contribution in [2.24, 2.45) is 0 Å². The number of nitro groups is 1. The minimum atomic E-state index is -0.678. The number of nitrogen functional groups attached to an aromatic ring is 1. The molecule has 0 radical (unpaired) electrons. The first-order valence-corrected chi connectivity index (χ1v) is 5.50. The average molecular weight is 268 g/mol. The summed E-state index contributed by atoms with van der Waals surface area (Å²) in [5, 5.41) is 13.4. The van der Waals surface area contributed by atoms with Crippen molar-refractivity contribution in [3.63, 3.8) is 0 Å². The van der Waals surface area contributed by atoms with Crippen LogP contribution in [-0.4, -0.2) is 35.1 Å². The third kappa shape index (κ3) is 3.88. The molecule has 0 bridgehead atoms. The number of nitrogens with two attached hydrogens (primary N) is 1. The SMILES string of the molecule is COC(C)(C)CNC(=O)c1cc(N)ncc1[N+](=O)[O-]. The Labute approximate surface area is 110 Å². The lowest BCUT2D eigenvalue weighted by Crippen LogP contribution is -2.39. The fourth-order valence-corrected chi connectivity index (χ4v) is 1.25. The summed E-state index contributed by atoms with van der Waals surface area (Å²) in [6.45, 7) is 3.77. The predicted octanol–water partition coefficient (Wildman–Crippen LogP) is 0.727. The molecular weight excluding hydrogens is 252 g/mol. The number of carbonyl (C=O) groups excluding carboxylic acids is 1. The Morgan fingerprint density at radius 1 is 1.63 bits per heavy atom. The van der Waals surface area contributed by atoms with Crippen molar-refractivity contribution in [2.45, 2.75) is 19.4 Å². The molecule has 1 rings (SSSR count). The van der Waals surface area contributed by atoms with Crippen molar-refractivity contribution in [2.75, 3.05) is 19.4 Å². The maximum atomic E-state index is 11.9. The molecule has 19 heavy (non-hydrogen) atoms. The van der Waals surface area contributed by atoms with Crippen LogP contribution >= 0.6 is 0 Å².